The SMILES string of the molecule is Nc1ccc2c(c1)N(C(=O)CCC1CCCCO1)CC2. The quantitative estimate of drug-likeness (QED) is 0.862. The van der Waals surface area contributed by atoms with Gasteiger partial charge >= 0.3 is 0 Å². The number of anilines is 2. The van der Waals surface area contributed by atoms with Gasteiger partial charge < -0.3 is 15.4 Å². The number of benzene rings is 1. The Morgan fingerprint density at radius 2 is 2.30 bits per heavy atom. The van der Waals surface area contributed by atoms with E-state index in [1.54, 1.807) is 0 Å². The van der Waals surface area contributed by atoms with Gasteiger partial charge in [-0.1, -0.05) is 6.07 Å². The van der Waals surface area contributed by atoms with Gasteiger partial charge in [0.25, 0.3) is 0 Å². The average Bonchev–Trinajstić information content (AvgIpc) is 2.89. The zero-order valence-corrected chi connectivity index (χ0v) is 11.8. The van der Waals surface area contributed by atoms with Crippen molar-refractivity contribution < 1.29 is 9.53 Å². The molecule has 0 aliphatic carbocycles. The molecule has 2 N–H and O–H groups in total. The molecule has 20 heavy (non-hydrogen) atoms. The number of rotatable bonds is 3. The van der Waals surface area contributed by atoms with Crippen molar-refractivity contribution in [1.82, 2.24) is 0 Å². The van der Waals surface area contributed by atoms with Crippen molar-refractivity contribution in [2.24, 2.45) is 0 Å². The number of carbonyl (C=O) groups excluding carboxylic acids is 1. The van der Waals surface area contributed by atoms with E-state index >= 15 is 0 Å². The summed E-state index contributed by atoms with van der Waals surface area (Å²) in [6, 6.07) is 5.85. The smallest absolute Gasteiger partial charge is 0.227 e. The molecule has 4 nitrogen and oxygen atoms in total. The lowest BCUT2D eigenvalue weighted by molar-refractivity contribution is -0.119. The first-order chi connectivity index (χ1) is 9.74. The molecule has 0 radical (unpaired) electrons. The van der Waals surface area contributed by atoms with E-state index in [9.17, 15) is 4.79 Å². The number of carbonyl (C=O) groups is 1. The second kappa shape index (κ2) is 5.83. The molecule has 0 spiro atoms. The van der Waals surface area contributed by atoms with Crippen LogP contribution in [0, 0.1) is 0 Å². The number of hydrogen-bond acceptors (Lipinski definition) is 3. The van der Waals surface area contributed by atoms with Crippen LogP contribution in [-0.4, -0.2) is 25.2 Å². The Balaban J connectivity index is 1.60. The first kappa shape index (κ1) is 13.4. The van der Waals surface area contributed by atoms with Gasteiger partial charge in [-0.15, -0.1) is 0 Å². The van der Waals surface area contributed by atoms with Crippen LogP contribution in [0.5, 0.6) is 0 Å². The third-order valence-electron chi connectivity index (χ3n) is 4.26. The monoisotopic (exact) mass is 274 g/mol. The summed E-state index contributed by atoms with van der Waals surface area (Å²) >= 11 is 0. The second-order valence-electron chi connectivity index (χ2n) is 5.71. The van der Waals surface area contributed by atoms with Crippen molar-refractivity contribution in [1.29, 1.82) is 0 Å². The van der Waals surface area contributed by atoms with Gasteiger partial charge in [-0.3, -0.25) is 4.79 Å². The molecule has 1 aromatic carbocycles. The van der Waals surface area contributed by atoms with Crippen molar-refractivity contribution in [3.8, 4) is 0 Å². The van der Waals surface area contributed by atoms with Crippen LogP contribution in [0.25, 0.3) is 0 Å². The van der Waals surface area contributed by atoms with Crippen LogP contribution in [0.4, 0.5) is 11.4 Å². The van der Waals surface area contributed by atoms with Crippen LogP contribution in [0.2, 0.25) is 0 Å². The van der Waals surface area contributed by atoms with Crippen LogP contribution in [0.3, 0.4) is 0 Å². The highest BCUT2D eigenvalue weighted by atomic mass is 16.5. The Morgan fingerprint density at radius 1 is 1.40 bits per heavy atom. The van der Waals surface area contributed by atoms with Gasteiger partial charge in [-0.05, 0) is 49.8 Å². The minimum Gasteiger partial charge on any atom is -0.399 e. The van der Waals surface area contributed by atoms with Crippen LogP contribution in [-0.2, 0) is 16.0 Å². The maximum absolute atomic E-state index is 12.4. The number of fused-ring (bicyclic) bond motifs is 1. The van der Waals surface area contributed by atoms with Gasteiger partial charge in [0.15, 0.2) is 0 Å². The predicted octanol–water partition coefficient (Wildman–Crippen LogP) is 2.51. The zero-order valence-electron chi connectivity index (χ0n) is 11.8. The summed E-state index contributed by atoms with van der Waals surface area (Å²) in [5.74, 6) is 0.198. The van der Waals surface area contributed by atoms with E-state index in [0.717, 1.165) is 50.2 Å². The molecule has 108 valence electrons. The molecule has 3 rings (SSSR count). The third-order valence-corrected chi connectivity index (χ3v) is 4.26. The largest absolute Gasteiger partial charge is 0.399 e. The third kappa shape index (κ3) is 2.80. The minimum absolute atomic E-state index is 0.198. The van der Waals surface area contributed by atoms with E-state index in [1.807, 2.05) is 23.1 Å². The van der Waals surface area contributed by atoms with Crippen molar-refractivity contribution in [2.75, 3.05) is 23.8 Å². The molecule has 1 atom stereocenters. The summed E-state index contributed by atoms with van der Waals surface area (Å²) in [4.78, 5) is 14.3. The number of nitrogens with zero attached hydrogens (tertiary/aromatic N) is 1. The Kier molecular flexibility index (Phi) is 3.92. The topological polar surface area (TPSA) is 55.6 Å². The van der Waals surface area contributed by atoms with Crippen LogP contribution >= 0.6 is 0 Å². The van der Waals surface area contributed by atoms with Crippen molar-refractivity contribution in [3.63, 3.8) is 0 Å². The van der Waals surface area contributed by atoms with Gasteiger partial charge in [0.1, 0.15) is 0 Å². The molecule has 2 aliphatic heterocycles. The second-order valence-corrected chi connectivity index (χ2v) is 5.71. The van der Waals surface area contributed by atoms with Crippen molar-refractivity contribution in [3.05, 3.63) is 23.8 Å². The standard InChI is InChI=1S/C16H22N2O2/c17-13-5-4-12-8-9-18(15(12)11-13)16(19)7-6-14-3-1-2-10-20-14/h4-5,11,14H,1-3,6-10,17H2. The molecule has 4 heteroatoms. The normalized spacial score (nSPS) is 21.8. The maximum Gasteiger partial charge on any atom is 0.227 e. The summed E-state index contributed by atoms with van der Waals surface area (Å²) in [6.45, 7) is 1.63. The van der Waals surface area contributed by atoms with Gasteiger partial charge in [0.05, 0.1) is 6.10 Å². The lowest BCUT2D eigenvalue weighted by Crippen LogP contribution is -2.30. The van der Waals surface area contributed by atoms with E-state index in [1.165, 1.54) is 12.0 Å². The van der Waals surface area contributed by atoms with E-state index in [2.05, 4.69) is 0 Å². The van der Waals surface area contributed by atoms with Crippen molar-refractivity contribution >= 4 is 17.3 Å². The summed E-state index contributed by atoms with van der Waals surface area (Å²) in [7, 11) is 0. The number of ether oxygens (including phenoxy) is 1. The fourth-order valence-corrected chi connectivity index (χ4v) is 3.11. The summed E-state index contributed by atoms with van der Waals surface area (Å²) in [5, 5.41) is 0. The molecule has 0 aromatic heterocycles. The minimum atomic E-state index is 0.198. The van der Waals surface area contributed by atoms with Gasteiger partial charge in [0.2, 0.25) is 5.91 Å². The molecule has 0 saturated carbocycles. The zero-order chi connectivity index (χ0) is 13.9. The Bertz CT molecular complexity index is 495. The molecule has 1 unspecified atom stereocenters. The number of nitrogens with two attached hydrogens (primary N) is 1. The fraction of sp³-hybridized carbons (Fsp3) is 0.562. The molecule has 1 fully saturated rings. The lowest BCUT2D eigenvalue weighted by atomic mass is 10.0. The molecule has 1 saturated heterocycles. The first-order valence-electron chi connectivity index (χ1n) is 7.54. The Morgan fingerprint density at radius 3 is 3.10 bits per heavy atom. The van der Waals surface area contributed by atoms with Gasteiger partial charge in [0, 0.05) is 30.9 Å². The summed E-state index contributed by atoms with van der Waals surface area (Å²) in [5.41, 5.74) is 8.77. The number of hydrogen-bond donors (Lipinski definition) is 1. The molecular weight excluding hydrogens is 252 g/mol. The Labute approximate surface area is 119 Å². The van der Waals surface area contributed by atoms with Crippen LogP contribution in [0.15, 0.2) is 18.2 Å². The van der Waals surface area contributed by atoms with E-state index < -0.39 is 0 Å². The molecule has 0 bridgehead atoms. The number of amides is 1. The molecule has 1 amide bonds. The highest BCUT2D eigenvalue weighted by molar-refractivity contribution is 5.96. The molecule has 2 aliphatic rings. The highest BCUT2D eigenvalue weighted by Gasteiger charge is 2.25. The average molecular weight is 274 g/mol. The first-order valence-corrected chi connectivity index (χ1v) is 7.54. The highest BCUT2D eigenvalue weighted by Crippen LogP contribution is 2.30. The van der Waals surface area contributed by atoms with E-state index in [-0.39, 0.29) is 12.0 Å². The molecule has 2 heterocycles. The Hall–Kier alpha value is -1.55. The fourth-order valence-electron chi connectivity index (χ4n) is 3.11. The summed E-state index contributed by atoms with van der Waals surface area (Å²) in [6.07, 6.45) is 6.09. The van der Waals surface area contributed by atoms with Crippen molar-refractivity contribution in [2.45, 2.75) is 44.6 Å². The molecular formula is C16H22N2O2. The lowest BCUT2D eigenvalue weighted by Gasteiger charge is -2.23. The molecule has 1 aromatic rings. The predicted molar refractivity (Wildman–Crippen MR) is 79.7 cm³/mol. The maximum atomic E-state index is 12.4. The number of nitrogen functional groups attached to an aromatic ring is 1. The summed E-state index contributed by atoms with van der Waals surface area (Å²) < 4.78 is 5.69. The van der Waals surface area contributed by atoms with E-state index in [4.69, 9.17) is 10.5 Å². The van der Waals surface area contributed by atoms with E-state index in [0.29, 0.717) is 6.42 Å². The van der Waals surface area contributed by atoms with Gasteiger partial charge in [-0.2, -0.15) is 0 Å². The van der Waals surface area contributed by atoms with Crippen LogP contribution in [0.1, 0.15) is 37.7 Å². The van der Waals surface area contributed by atoms with Crippen LogP contribution < -0.4 is 10.6 Å². The van der Waals surface area contributed by atoms with Gasteiger partial charge in [-0.25, -0.2) is 0 Å².